The highest BCUT2D eigenvalue weighted by Gasteiger charge is 2.20. The van der Waals surface area contributed by atoms with Crippen molar-refractivity contribution in [1.29, 1.82) is 0 Å². The first-order valence-corrected chi connectivity index (χ1v) is 6.21. The molecule has 0 aromatic heterocycles. The summed E-state index contributed by atoms with van der Waals surface area (Å²) in [6.45, 7) is 5.74. The van der Waals surface area contributed by atoms with Gasteiger partial charge in [-0.25, -0.2) is 0 Å². The highest BCUT2D eigenvalue weighted by atomic mass is 32.2. The predicted octanol–water partition coefficient (Wildman–Crippen LogP) is 1.49. The van der Waals surface area contributed by atoms with Crippen molar-refractivity contribution in [2.75, 3.05) is 24.7 Å². The predicted molar refractivity (Wildman–Crippen MR) is 59.2 cm³/mol. The molecule has 1 fully saturated rings. The van der Waals surface area contributed by atoms with E-state index in [9.17, 15) is 0 Å². The van der Waals surface area contributed by atoms with Gasteiger partial charge in [-0.3, -0.25) is 0 Å². The van der Waals surface area contributed by atoms with Gasteiger partial charge < -0.3 is 10.4 Å². The molecule has 0 amide bonds. The van der Waals surface area contributed by atoms with Crippen LogP contribution in [-0.4, -0.2) is 35.8 Å². The van der Waals surface area contributed by atoms with Gasteiger partial charge in [-0.1, -0.05) is 13.8 Å². The average Bonchev–Trinajstić information content (AvgIpc) is 2.52. The molecule has 2 N–H and O–H groups in total. The Kier molecular flexibility index (Phi) is 4.56. The van der Waals surface area contributed by atoms with Gasteiger partial charge in [0, 0.05) is 24.9 Å². The minimum Gasteiger partial charge on any atom is -0.396 e. The third-order valence-electron chi connectivity index (χ3n) is 2.59. The van der Waals surface area contributed by atoms with Crippen LogP contribution in [-0.2, 0) is 0 Å². The fourth-order valence-corrected chi connectivity index (χ4v) is 2.69. The third kappa shape index (κ3) is 4.34. The smallest absolute Gasteiger partial charge is 0.0436 e. The van der Waals surface area contributed by atoms with Gasteiger partial charge in [0.15, 0.2) is 0 Å². The highest BCUT2D eigenvalue weighted by molar-refractivity contribution is 7.99. The summed E-state index contributed by atoms with van der Waals surface area (Å²) in [6.07, 6.45) is 2.19. The molecule has 1 aliphatic heterocycles. The second kappa shape index (κ2) is 5.23. The van der Waals surface area contributed by atoms with E-state index in [1.54, 1.807) is 0 Å². The van der Waals surface area contributed by atoms with Gasteiger partial charge in [-0.2, -0.15) is 11.8 Å². The van der Waals surface area contributed by atoms with Crippen LogP contribution in [0, 0.1) is 5.41 Å². The first kappa shape index (κ1) is 11.3. The SMILES string of the molecule is CC(C)(CCO)CNC1CCSC1. The molecule has 0 spiro atoms. The summed E-state index contributed by atoms with van der Waals surface area (Å²) in [5.41, 5.74) is 0.238. The van der Waals surface area contributed by atoms with Crippen LogP contribution in [0.3, 0.4) is 0 Å². The molecule has 1 saturated heterocycles. The molecule has 1 atom stereocenters. The number of rotatable bonds is 5. The lowest BCUT2D eigenvalue weighted by atomic mass is 9.89. The lowest BCUT2D eigenvalue weighted by molar-refractivity contribution is 0.204. The van der Waals surface area contributed by atoms with Crippen molar-refractivity contribution >= 4 is 11.8 Å². The van der Waals surface area contributed by atoms with Crippen LogP contribution in [0.4, 0.5) is 0 Å². The summed E-state index contributed by atoms with van der Waals surface area (Å²) in [5.74, 6) is 2.56. The Morgan fingerprint density at radius 3 is 2.85 bits per heavy atom. The first-order valence-electron chi connectivity index (χ1n) is 5.06. The van der Waals surface area contributed by atoms with Crippen LogP contribution in [0.5, 0.6) is 0 Å². The van der Waals surface area contributed by atoms with Crippen LogP contribution >= 0.6 is 11.8 Å². The molecule has 0 saturated carbocycles. The molecular weight excluding hydrogens is 182 g/mol. The molecule has 1 rings (SSSR count). The number of hydrogen-bond acceptors (Lipinski definition) is 3. The van der Waals surface area contributed by atoms with E-state index < -0.39 is 0 Å². The van der Waals surface area contributed by atoms with Gasteiger partial charge in [-0.15, -0.1) is 0 Å². The zero-order valence-electron chi connectivity index (χ0n) is 8.68. The molecule has 0 bridgehead atoms. The van der Waals surface area contributed by atoms with E-state index in [1.807, 2.05) is 11.8 Å². The van der Waals surface area contributed by atoms with E-state index in [4.69, 9.17) is 5.11 Å². The summed E-state index contributed by atoms with van der Waals surface area (Å²) in [5, 5.41) is 12.4. The van der Waals surface area contributed by atoms with Crippen molar-refractivity contribution in [3.63, 3.8) is 0 Å². The van der Waals surface area contributed by atoms with Gasteiger partial charge in [0.1, 0.15) is 0 Å². The summed E-state index contributed by atoms with van der Waals surface area (Å²) < 4.78 is 0. The largest absolute Gasteiger partial charge is 0.396 e. The van der Waals surface area contributed by atoms with Gasteiger partial charge in [0.05, 0.1) is 0 Å². The monoisotopic (exact) mass is 203 g/mol. The summed E-state index contributed by atoms with van der Waals surface area (Å²) >= 11 is 2.03. The molecule has 0 radical (unpaired) electrons. The number of hydrogen-bond donors (Lipinski definition) is 2. The molecule has 0 aromatic carbocycles. The van der Waals surface area contributed by atoms with E-state index in [1.165, 1.54) is 17.9 Å². The van der Waals surface area contributed by atoms with Crippen molar-refractivity contribution < 1.29 is 5.11 Å². The van der Waals surface area contributed by atoms with E-state index in [-0.39, 0.29) is 5.41 Å². The fourth-order valence-electron chi connectivity index (χ4n) is 1.51. The van der Waals surface area contributed by atoms with Crippen molar-refractivity contribution in [1.82, 2.24) is 5.32 Å². The summed E-state index contributed by atoms with van der Waals surface area (Å²) in [7, 11) is 0. The minimum atomic E-state index is 0.238. The van der Waals surface area contributed by atoms with E-state index in [0.717, 1.165) is 13.0 Å². The zero-order chi connectivity index (χ0) is 9.73. The van der Waals surface area contributed by atoms with Crippen LogP contribution in [0.1, 0.15) is 26.7 Å². The Hall–Kier alpha value is 0.270. The minimum absolute atomic E-state index is 0.238. The normalized spacial score (nSPS) is 23.8. The number of aliphatic hydroxyl groups excluding tert-OH is 1. The third-order valence-corrected chi connectivity index (χ3v) is 3.75. The quantitative estimate of drug-likeness (QED) is 0.710. The van der Waals surface area contributed by atoms with Crippen molar-refractivity contribution in [2.24, 2.45) is 5.41 Å². The van der Waals surface area contributed by atoms with Crippen molar-refractivity contribution in [2.45, 2.75) is 32.7 Å². The van der Waals surface area contributed by atoms with E-state index in [2.05, 4.69) is 19.2 Å². The Morgan fingerprint density at radius 2 is 2.31 bits per heavy atom. The van der Waals surface area contributed by atoms with Gasteiger partial charge >= 0.3 is 0 Å². The maximum absolute atomic E-state index is 8.86. The summed E-state index contributed by atoms with van der Waals surface area (Å²) in [6, 6.07) is 0.711. The van der Waals surface area contributed by atoms with Crippen LogP contribution < -0.4 is 5.32 Å². The second-order valence-corrected chi connectivity index (χ2v) is 5.73. The Bertz CT molecular complexity index is 144. The van der Waals surface area contributed by atoms with Crippen LogP contribution in [0.2, 0.25) is 0 Å². The molecule has 78 valence electrons. The molecular formula is C10H21NOS. The molecule has 1 aliphatic rings. The molecule has 0 aromatic rings. The van der Waals surface area contributed by atoms with Gasteiger partial charge in [0.25, 0.3) is 0 Å². The van der Waals surface area contributed by atoms with Crippen molar-refractivity contribution in [3.05, 3.63) is 0 Å². The molecule has 13 heavy (non-hydrogen) atoms. The number of thioether (sulfide) groups is 1. The number of nitrogens with one attached hydrogen (secondary N) is 1. The van der Waals surface area contributed by atoms with E-state index >= 15 is 0 Å². The average molecular weight is 203 g/mol. The van der Waals surface area contributed by atoms with Gasteiger partial charge in [-0.05, 0) is 24.0 Å². The second-order valence-electron chi connectivity index (χ2n) is 4.58. The lowest BCUT2D eigenvalue weighted by Crippen LogP contribution is -2.37. The topological polar surface area (TPSA) is 32.3 Å². The van der Waals surface area contributed by atoms with E-state index in [0.29, 0.717) is 12.6 Å². The first-order chi connectivity index (χ1) is 6.14. The molecule has 0 aliphatic carbocycles. The summed E-state index contributed by atoms with van der Waals surface area (Å²) in [4.78, 5) is 0. The van der Waals surface area contributed by atoms with Crippen molar-refractivity contribution in [3.8, 4) is 0 Å². The molecule has 1 unspecified atom stereocenters. The molecule has 1 heterocycles. The maximum atomic E-state index is 8.86. The maximum Gasteiger partial charge on any atom is 0.0436 e. The Labute approximate surface area is 85.5 Å². The van der Waals surface area contributed by atoms with Crippen LogP contribution in [0.15, 0.2) is 0 Å². The Balaban J connectivity index is 2.15. The molecule has 3 heteroatoms. The fraction of sp³-hybridized carbons (Fsp3) is 1.00. The highest BCUT2D eigenvalue weighted by Crippen LogP contribution is 2.21. The van der Waals surface area contributed by atoms with Crippen LogP contribution in [0.25, 0.3) is 0 Å². The molecule has 2 nitrogen and oxygen atoms in total. The van der Waals surface area contributed by atoms with Gasteiger partial charge in [0.2, 0.25) is 0 Å². The Morgan fingerprint density at radius 1 is 1.54 bits per heavy atom. The zero-order valence-corrected chi connectivity index (χ0v) is 9.49. The standard InChI is InChI=1S/C10H21NOS/c1-10(2,4-5-12)8-11-9-3-6-13-7-9/h9,11-12H,3-8H2,1-2H3. The lowest BCUT2D eigenvalue weighted by Gasteiger charge is -2.26. The number of aliphatic hydroxyl groups is 1.